The lowest BCUT2D eigenvalue weighted by Crippen LogP contribution is -2.21. The van der Waals surface area contributed by atoms with Gasteiger partial charge in [0.25, 0.3) is 0 Å². The number of carbonyl (C=O) groups is 1. The van der Waals surface area contributed by atoms with E-state index in [1.165, 1.54) is 12.1 Å². The second-order valence-electron chi connectivity index (χ2n) is 2.55. The average Bonchev–Trinajstić information content (AvgIpc) is 2.07. The molecule has 0 aliphatic rings. The van der Waals surface area contributed by atoms with Crippen molar-refractivity contribution in [2.24, 2.45) is 16.5 Å². The van der Waals surface area contributed by atoms with Crippen LogP contribution in [0.15, 0.2) is 23.2 Å². The predicted molar refractivity (Wildman–Crippen MR) is 50.5 cm³/mol. The van der Waals surface area contributed by atoms with E-state index in [2.05, 4.69) is 4.99 Å². The summed E-state index contributed by atoms with van der Waals surface area (Å²) in [6.45, 7) is 0. The predicted octanol–water partition coefficient (Wildman–Crippen LogP) is -0.00470. The highest BCUT2D eigenvalue weighted by Gasteiger charge is 2.06. The third-order valence-electron chi connectivity index (χ3n) is 1.47. The summed E-state index contributed by atoms with van der Waals surface area (Å²) in [6, 6.07) is 3.69. The smallest absolute Gasteiger partial charge is 0.335 e. The number of carboxylic acid groups (broad SMARTS) is 1. The van der Waals surface area contributed by atoms with Gasteiger partial charge in [0.05, 0.1) is 5.56 Å². The second-order valence-corrected chi connectivity index (χ2v) is 2.55. The van der Waals surface area contributed by atoms with Crippen LogP contribution in [0.3, 0.4) is 0 Å². The molecule has 1 rings (SSSR count). The van der Waals surface area contributed by atoms with Crippen molar-refractivity contribution in [2.75, 3.05) is 0 Å². The fourth-order valence-corrected chi connectivity index (χ4v) is 0.890. The van der Waals surface area contributed by atoms with E-state index in [-0.39, 0.29) is 23.0 Å². The first-order valence-electron chi connectivity index (χ1n) is 3.66. The van der Waals surface area contributed by atoms with Gasteiger partial charge in [-0.05, 0) is 18.2 Å². The zero-order chi connectivity index (χ0) is 10.7. The highest BCUT2D eigenvalue weighted by Crippen LogP contribution is 2.26. The van der Waals surface area contributed by atoms with Crippen molar-refractivity contribution in [3.05, 3.63) is 23.8 Å². The van der Waals surface area contributed by atoms with Gasteiger partial charge in [-0.25, -0.2) is 9.79 Å². The zero-order valence-corrected chi connectivity index (χ0v) is 7.14. The number of hydrogen-bond donors (Lipinski definition) is 4. The van der Waals surface area contributed by atoms with Gasteiger partial charge in [0.15, 0.2) is 5.96 Å². The zero-order valence-electron chi connectivity index (χ0n) is 7.14. The number of nitrogens with two attached hydrogens (primary N) is 2. The van der Waals surface area contributed by atoms with E-state index in [1.807, 2.05) is 0 Å². The SMILES string of the molecule is NC(N)=Nc1ccc(C(=O)O)cc1O. The highest BCUT2D eigenvalue weighted by atomic mass is 16.4. The molecule has 0 unspecified atom stereocenters. The Hall–Kier alpha value is -2.24. The van der Waals surface area contributed by atoms with Crippen LogP contribution < -0.4 is 11.5 Å². The summed E-state index contributed by atoms with van der Waals surface area (Å²) < 4.78 is 0. The Morgan fingerprint density at radius 2 is 2.00 bits per heavy atom. The normalized spacial score (nSPS) is 9.43. The van der Waals surface area contributed by atoms with Crippen LogP contribution >= 0.6 is 0 Å². The minimum atomic E-state index is -1.13. The first-order chi connectivity index (χ1) is 6.50. The number of phenolic OH excluding ortho intramolecular Hbond substituents is 1. The third-order valence-corrected chi connectivity index (χ3v) is 1.47. The van der Waals surface area contributed by atoms with Crippen molar-refractivity contribution in [3.8, 4) is 5.75 Å². The van der Waals surface area contributed by atoms with Crippen LogP contribution in [0.5, 0.6) is 5.75 Å². The van der Waals surface area contributed by atoms with Crippen LogP contribution in [0.1, 0.15) is 10.4 Å². The minimum Gasteiger partial charge on any atom is -0.506 e. The van der Waals surface area contributed by atoms with Crippen LogP contribution in [0, 0.1) is 0 Å². The van der Waals surface area contributed by atoms with Gasteiger partial charge in [-0.2, -0.15) is 0 Å². The molecule has 0 bridgehead atoms. The molecular formula is C8H9N3O3. The van der Waals surface area contributed by atoms with Gasteiger partial charge in [0.2, 0.25) is 0 Å². The number of guanidine groups is 1. The molecule has 0 aromatic heterocycles. The molecule has 0 atom stereocenters. The first kappa shape index (κ1) is 9.85. The Morgan fingerprint density at radius 1 is 1.36 bits per heavy atom. The lowest BCUT2D eigenvalue weighted by molar-refractivity contribution is 0.0696. The van der Waals surface area contributed by atoms with Gasteiger partial charge in [0.1, 0.15) is 11.4 Å². The molecule has 6 heteroatoms. The third kappa shape index (κ3) is 2.13. The largest absolute Gasteiger partial charge is 0.506 e. The number of hydrogen-bond acceptors (Lipinski definition) is 3. The number of aliphatic imine (C=N–C) groups is 1. The quantitative estimate of drug-likeness (QED) is 0.390. The Balaban J connectivity index is 3.14. The standard InChI is InChI=1S/C8H9N3O3/c9-8(10)11-5-2-1-4(7(13)14)3-6(5)12/h1-3,12H,(H,13,14)(H4,9,10,11). The van der Waals surface area contributed by atoms with Crippen molar-refractivity contribution in [2.45, 2.75) is 0 Å². The number of carboxylic acids is 1. The number of nitrogens with zero attached hydrogens (tertiary/aromatic N) is 1. The number of aromatic hydroxyl groups is 1. The number of rotatable bonds is 2. The maximum atomic E-state index is 10.5. The van der Waals surface area contributed by atoms with Gasteiger partial charge < -0.3 is 21.7 Å². The summed E-state index contributed by atoms with van der Waals surface area (Å²) >= 11 is 0. The van der Waals surface area contributed by atoms with Crippen molar-refractivity contribution in [1.82, 2.24) is 0 Å². The van der Waals surface area contributed by atoms with E-state index >= 15 is 0 Å². The summed E-state index contributed by atoms with van der Waals surface area (Å²) in [6.07, 6.45) is 0. The molecule has 0 heterocycles. The Kier molecular flexibility index (Phi) is 2.57. The van der Waals surface area contributed by atoms with Crippen molar-refractivity contribution < 1.29 is 15.0 Å². The molecular weight excluding hydrogens is 186 g/mol. The molecule has 0 fully saturated rings. The van der Waals surface area contributed by atoms with E-state index < -0.39 is 5.97 Å². The maximum Gasteiger partial charge on any atom is 0.335 e. The lowest BCUT2D eigenvalue weighted by atomic mass is 10.2. The molecule has 1 aromatic rings. The molecule has 0 saturated heterocycles. The summed E-state index contributed by atoms with van der Waals surface area (Å²) in [5.41, 5.74) is 10.3. The fourth-order valence-electron chi connectivity index (χ4n) is 0.890. The highest BCUT2D eigenvalue weighted by molar-refractivity contribution is 5.89. The first-order valence-corrected chi connectivity index (χ1v) is 3.66. The van der Waals surface area contributed by atoms with Gasteiger partial charge in [-0.15, -0.1) is 0 Å². The number of benzene rings is 1. The minimum absolute atomic E-state index is 0.0305. The van der Waals surface area contributed by atoms with Gasteiger partial charge in [-0.3, -0.25) is 0 Å². The van der Waals surface area contributed by atoms with Crippen molar-refractivity contribution in [1.29, 1.82) is 0 Å². The monoisotopic (exact) mass is 195 g/mol. The van der Waals surface area contributed by atoms with E-state index in [1.54, 1.807) is 0 Å². The van der Waals surface area contributed by atoms with E-state index in [0.717, 1.165) is 6.07 Å². The van der Waals surface area contributed by atoms with Crippen LogP contribution in [-0.4, -0.2) is 22.1 Å². The molecule has 0 radical (unpaired) electrons. The Bertz CT molecular complexity index is 397. The summed E-state index contributed by atoms with van der Waals surface area (Å²) in [5, 5.41) is 17.9. The van der Waals surface area contributed by atoms with E-state index in [0.29, 0.717) is 0 Å². The van der Waals surface area contributed by atoms with Crippen molar-refractivity contribution in [3.63, 3.8) is 0 Å². The van der Waals surface area contributed by atoms with Crippen LogP contribution in [0.2, 0.25) is 0 Å². The maximum absolute atomic E-state index is 10.5. The molecule has 0 amide bonds. The number of aromatic carboxylic acids is 1. The van der Waals surface area contributed by atoms with Crippen LogP contribution in [0.4, 0.5) is 5.69 Å². The Labute approximate surface area is 79.5 Å². The van der Waals surface area contributed by atoms with E-state index in [4.69, 9.17) is 16.6 Å². The second kappa shape index (κ2) is 3.65. The van der Waals surface area contributed by atoms with E-state index in [9.17, 15) is 9.90 Å². The summed E-state index contributed by atoms with van der Waals surface area (Å²) in [7, 11) is 0. The molecule has 6 N–H and O–H groups in total. The molecule has 6 nitrogen and oxygen atoms in total. The van der Waals surface area contributed by atoms with Gasteiger partial charge in [-0.1, -0.05) is 0 Å². The molecule has 0 aliphatic heterocycles. The topological polar surface area (TPSA) is 122 Å². The summed E-state index contributed by atoms with van der Waals surface area (Å²) in [4.78, 5) is 14.1. The molecule has 74 valence electrons. The average molecular weight is 195 g/mol. The number of phenols is 1. The molecule has 0 aliphatic carbocycles. The van der Waals surface area contributed by atoms with Crippen LogP contribution in [0.25, 0.3) is 0 Å². The molecule has 0 spiro atoms. The Morgan fingerprint density at radius 3 is 2.43 bits per heavy atom. The molecule has 1 aromatic carbocycles. The lowest BCUT2D eigenvalue weighted by Gasteiger charge is -2.00. The van der Waals surface area contributed by atoms with Crippen LogP contribution in [-0.2, 0) is 0 Å². The molecule has 0 saturated carbocycles. The summed E-state index contributed by atoms with van der Waals surface area (Å²) in [5.74, 6) is -1.61. The fraction of sp³-hybridized carbons (Fsp3) is 0. The van der Waals surface area contributed by atoms with Crippen molar-refractivity contribution >= 4 is 17.6 Å². The van der Waals surface area contributed by atoms with Gasteiger partial charge in [0, 0.05) is 0 Å². The van der Waals surface area contributed by atoms with Gasteiger partial charge >= 0.3 is 5.97 Å². The molecule has 14 heavy (non-hydrogen) atoms.